The fourth-order valence-corrected chi connectivity index (χ4v) is 5.41. The molecule has 0 atom stereocenters. The maximum atomic E-state index is 13.0. The fraction of sp³-hybridized carbons (Fsp3) is 0.316. The first kappa shape index (κ1) is 20.1. The zero-order valence-corrected chi connectivity index (χ0v) is 17.9. The molecular weight excluding hydrogens is 442 g/mol. The standard InChI is InChI=1S/C19H19N5O5S2/c25-19(23-4-6-24(7-5-23)31(26,27)28)18-22-17-14-2-1-12(13-10-20-21-11-13)9-15(14)29-8-3-16(17)30-18/h1-2,9-11H,3-8H2,(H,20,21)(H,26,27,28). The van der Waals surface area contributed by atoms with E-state index in [1.54, 1.807) is 11.1 Å². The number of rotatable bonds is 3. The van der Waals surface area contributed by atoms with E-state index in [1.165, 1.54) is 11.3 Å². The average Bonchev–Trinajstić information content (AvgIpc) is 3.40. The average molecular weight is 462 g/mol. The van der Waals surface area contributed by atoms with Crippen molar-refractivity contribution in [3.63, 3.8) is 0 Å². The molecular formula is C19H19N5O5S2. The van der Waals surface area contributed by atoms with Crippen molar-refractivity contribution in [2.75, 3.05) is 32.8 Å². The van der Waals surface area contributed by atoms with E-state index < -0.39 is 10.3 Å². The third-order valence-corrected chi connectivity index (χ3v) is 7.51. The quantitative estimate of drug-likeness (QED) is 0.568. The van der Waals surface area contributed by atoms with E-state index in [-0.39, 0.29) is 32.1 Å². The maximum absolute atomic E-state index is 13.0. The smallest absolute Gasteiger partial charge is 0.336 e. The molecule has 0 unspecified atom stereocenters. The number of carbonyl (C=O) groups is 1. The van der Waals surface area contributed by atoms with Gasteiger partial charge in [0.25, 0.3) is 5.91 Å². The van der Waals surface area contributed by atoms with E-state index in [0.29, 0.717) is 23.8 Å². The Balaban J connectivity index is 1.41. The number of aromatic amines is 1. The lowest BCUT2D eigenvalue weighted by Gasteiger charge is -2.31. The number of H-pyrrole nitrogens is 1. The molecule has 3 aromatic rings. The van der Waals surface area contributed by atoms with Crippen LogP contribution < -0.4 is 4.74 Å². The summed E-state index contributed by atoms with van der Waals surface area (Å²) in [4.78, 5) is 20.2. The number of thiazole rings is 1. The molecule has 1 fully saturated rings. The number of ether oxygens (including phenoxy) is 1. The van der Waals surface area contributed by atoms with Gasteiger partial charge in [0, 0.05) is 54.8 Å². The second-order valence-corrected chi connectivity index (χ2v) is 9.75. The number of carbonyl (C=O) groups excluding carboxylic acids is 1. The number of nitrogens with one attached hydrogen (secondary N) is 1. The van der Waals surface area contributed by atoms with Gasteiger partial charge in [0.05, 0.1) is 18.5 Å². The number of amides is 1. The molecule has 4 heterocycles. The van der Waals surface area contributed by atoms with E-state index >= 15 is 0 Å². The van der Waals surface area contributed by atoms with Crippen molar-refractivity contribution < 1.29 is 22.5 Å². The van der Waals surface area contributed by atoms with E-state index in [0.717, 1.165) is 31.6 Å². The lowest BCUT2D eigenvalue weighted by molar-refractivity contribution is 0.0692. The van der Waals surface area contributed by atoms with Crippen LogP contribution in [0.5, 0.6) is 5.75 Å². The minimum Gasteiger partial charge on any atom is -0.492 e. The van der Waals surface area contributed by atoms with Crippen molar-refractivity contribution in [2.45, 2.75) is 6.42 Å². The van der Waals surface area contributed by atoms with Gasteiger partial charge in [-0.2, -0.15) is 17.8 Å². The highest BCUT2D eigenvalue weighted by Crippen LogP contribution is 2.39. The molecule has 0 spiro atoms. The number of hydrogen-bond acceptors (Lipinski definition) is 7. The van der Waals surface area contributed by atoms with Crippen LogP contribution in [0.4, 0.5) is 0 Å². The van der Waals surface area contributed by atoms with Crippen molar-refractivity contribution in [3.05, 3.63) is 40.5 Å². The van der Waals surface area contributed by atoms with Gasteiger partial charge in [-0.3, -0.25) is 14.4 Å². The molecule has 1 aromatic carbocycles. The minimum absolute atomic E-state index is 0.0587. The highest BCUT2D eigenvalue weighted by molar-refractivity contribution is 7.83. The monoisotopic (exact) mass is 461 g/mol. The zero-order valence-electron chi connectivity index (χ0n) is 16.3. The van der Waals surface area contributed by atoms with Gasteiger partial charge in [0.1, 0.15) is 5.75 Å². The Hall–Kier alpha value is -2.80. The summed E-state index contributed by atoms with van der Waals surface area (Å²) in [6.45, 7) is 1.01. The second-order valence-electron chi connectivity index (χ2n) is 7.26. The van der Waals surface area contributed by atoms with Crippen molar-refractivity contribution >= 4 is 27.5 Å². The van der Waals surface area contributed by atoms with Crippen LogP contribution in [-0.2, 0) is 16.7 Å². The first-order valence-corrected chi connectivity index (χ1v) is 11.9. The van der Waals surface area contributed by atoms with Crippen LogP contribution in [0.15, 0.2) is 30.6 Å². The molecule has 31 heavy (non-hydrogen) atoms. The summed E-state index contributed by atoms with van der Waals surface area (Å²) in [5, 5.41) is 7.15. The van der Waals surface area contributed by atoms with Crippen LogP contribution in [0.25, 0.3) is 22.4 Å². The lowest BCUT2D eigenvalue weighted by atomic mass is 10.0. The predicted molar refractivity (Wildman–Crippen MR) is 113 cm³/mol. The van der Waals surface area contributed by atoms with Crippen molar-refractivity contribution in [2.24, 2.45) is 0 Å². The first-order chi connectivity index (χ1) is 14.9. The van der Waals surface area contributed by atoms with Gasteiger partial charge in [-0.1, -0.05) is 6.07 Å². The Labute approximate surface area is 182 Å². The summed E-state index contributed by atoms with van der Waals surface area (Å²) in [6, 6.07) is 5.86. The molecule has 2 aromatic heterocycles. The van der Waals surface area contributed by atoms with E-state index in [1.807, 2.05) is 24.4 Å². The largest absolute Gasteiger partial charge is 0.492 e. The van der Waals surface area contributed by atoms with E-state index in [9.17, 15) is 13.2 Å². The summed E-state index contributed by atoms with van der Waals surface area (Å²) >= 11 is 1.34. The molecule has 0 aliphatic carbocycles. The Morgan fingerprint density at radius 2 is 2.00 bits per heavy atom. The van der Waals surface area contributed by atoms with Crippen molar-refractivity contribution in [3.8, 4) is 28.1 Å². The number of hydrogen-bond donors (Lipinski definition) is 2. The molecule has 10 nitrogen and oxygen atoms in total. The second kappa shape index (κ2) is 7.71. The van der Waals surface area contributed by atoms with Crippen molar-refractivity contribution in [1.82, 2.24) is 24.4 Å². The highest BCUT2D eigenvalue weighted by Gasteiger charge is 2.30. The van der Waals surface area contributed by atoms with Gasteiger partial charge in [-0.25, -0.2) is 4.98 Å². The fourth-order valence-electron chi connectivity index (χ4n) is 3.76. The molecule has 2 aliphatic heterocycles. The molecule has 2 N–H and O–H groups in total. The molecule has 0 bridgehead atoms. The minimum atomic E-state index is -4.24. The molecule has 5 rings (SSSR count). The van der Waals surface area contributed by atoms with Gasteiger partial charge in [-0.05, 0) is 17.7 Å². The first-order valence-electron chi connectivity index (χ1n) is 9.68. The number of aromatic nitrogens is 3. The topological polar surface area (TPSA) is 129 Å². The number of piperazine rings is 1. The molecule has 2 aliphatic rings. The summed E-state index contributed by atoms with van der Waals surface area (Å²) in [5.74, 6) is 0.481. The number of fused-ring (bicyclic) bond motifs is 3. The Kier molecular flexibility index (Phi) is 5.01. The van der Waals surface area contributed by atoms with Gasteiger partial charge in [-0.15, -0.1) is 11.3 Å². The SMILES string of the molecule is O=C(c1nc2c(s1)CCOc1cc(-c3cn[nH]c3)ccc1-2)N1CCN(S(=O)(=O)O)CC1. The van der Waals surface area contributed by atoms with Gasteiger partial charge < -0.3 is 9.64 Å². The van der Waals surface area contributed by atoms with Crippen LogP contribution in [0.3, 0.4) is 0 Å². The molecule has 1 saturated heterocycles. The normalized spacial score (nSPS) is 16.9. The van der Waals surface area contributed by atoms with E-state index in [4.69, 9.17) is 9.29 Å². The van der Waals surface area contributed by atoms with Crippen LogP contribution in [0.2, 0.25) is 0 Å². The molecule has 12 heteroatoms. The highest BCUT2D eigenvalue weighted by atomic mass is 32.2. The third kappa shape index (κ3) is 3.82. The van der Waals surface area contributed by atoms with Crippen LogP contribution in [0.1, 0.15) is 14.7 Å². The Morgan fingerprint density at radius 1 is 1.19 bits per heavy atom. The molecule has 1 amide bonds. The Morgan fingerprint density at radius 3 is 2.71 bits per heavy atom. The van der Waals surface area contributed by atoms with Crippen LogP contribution in [-0.4, -0.2) is 76.1 Å². The maximum Gasteiger partial charge on any atom is 0.336 e. The number of nitrogens with zero attached hydrogens (tertiary/aromatic N) is 4. The van der Waals surface area contributed by atoms with Crippen LogP contribution >= 0.6 is 11.3 Å². The third-order valence-electron chi connectivity index (χ3n) is 5.39. The summed E-state index contributed by atoms with van der Waals surface area (Å²) < 4.78 is 38.6. The van der Waals surface area contributed by atoms with E-state index in [2.05, 4.69) is 15.2 Å². The summed E-state index contributed by atoms with van der Waals surface area (Å²) in [6.07, 6.45) is 4.20. The summed E-state index contributed by atoms with van der Waals surface area (Å²) in [5.41, 5.74) is 3.51. The predicted octanol–water partition coefficient (Wildman–Crippen LogP) is 1.70. The van der Waals surface area contributed by atoms with Crippen molar-refractivity contribution in [1.29, 1.82) is 0 Å². The number of benzene rings is 1. The lowest BCUT2D eigenvalue weighted by Crippen LogP contribution is -2.50. The van der Waals surface area contributed by atoms with Gasteiger partial charge in [0.15, 0.2) is 5.01 Å². The molecule has 162 valence electrons. The van der Waals surface area contributed by atoms with Crippen LogP contribution in [0, 0.1) is 0 Å². The molecule has 0 saturated carbocycles. The molecule has 0 radical (unpaired) electrons. The van der Waals surface area contributed by atoms with Gasteiger partial charge >= 0.3 is 10.3 Å². The summed E-state index contributed by atoms with van der Waals surface area (Å²) in [7, 11) is -4.24. The Bertz CT molecular complexity index is 1230. The van der Waals surface area contributed by atoms with Gasteiger partial charge in [0.2, 0.25) is 0 Å². The zero-order chi connectivity index (χ0) is 21.6.